The van der Waals surface area contributed by atoms with Gasteiger partial charge in [0.05, 0.1) is 22.2 Å². The molecule has 0 bridgehead atoms. The average molecular weight is 357 g/mol. The highest BCUT2D eigenvalue weighted by Gasteiger charge is 2.21. The number of hydrogen-bond donors (Lipinski definition) is 2. The summed E-state index contributed by atoms with van der Waals surface area (Å²) in [6.45, 7) is 0.962. The van der Waals surface area contributed by atoms with E-state index in [0.717, 1.165) is 30.3 Å². The standard InChI is InChI=1S/C17H15N3O4S/c18-7-9-20-8-6-12-4-5-14(11-16(12)20)19-25(23,24)15-3-1-2-13(10-15)17(21)22/h1-5,10-11,19H,6,8-9H2,(H,21,22). The average Bonchev–Trinajstić information content (AvgIpc) is 2.97. The van der Waals surface area contributed by atoms with Crippen molar-refractivity contribution in [1.82, 2.24) is 0 Å². The fourth-order valence-electron chi connectivity index (χ4n) is 2.77. The lowest BCUT2D eigenvalue weighted by molar-refractivity contribution is 0.0696. The molecule has 25 heavy (non-hydrogen) atoms. The molecule has 0 aliphatic carbocycles. The molecular formula is C17H15N3O4S. The molecule has 0 aromatic heterocycles. The van der Waals surface area contributed by atoms with Crippen molar-refractivity contribution in [2.24, 2.45) is 0 Å². The first-order chi connectivity index (χ1) is 11.9. The molecule has 2 aromatic rings. The zero-order valence-corrected chi connectivity index (χ0v) is 14.0. The Kier molecular flexibility index (Phi) is 4.33. The van der Waals surface area contributed by atoms with E-state index >= 15 is 0 Å². The topological polar surface area (TPSA) is 111 Å². The molecular weight excluding hydrogens is 342 g/mol. The summed E-state index contributed by atoms with van der Waals surface area (Å²) < 4.78 is 27.5. The Labute approximate surface area is 145 Å². The second kappa shape index (κ2) is 6.45. The van der Waals surface area contributed by atoms with Gasteiger partial charge in [-0.1, -0.05) is 12.1 Å². The quantitative estimate of drug-likeness (QED) is 0.793. The smallest absolute Gasteiger partial charge is 0.335 e. The number of anilines is 2. The zero-order valence-electron chi connectivity index (χ0n) is 13.1. The van der Waals surface area contributed by atoms with E-state index < -0.39 is 16.0 Å². The molecule has 0 saturated carbocycles. The van der Waals surface area contributed by atoms with Crippen LogP contribution in [0, 0.1) is 11.3 Å². The number of nitrogens with one attached hydrogen (secondary N) is 1. The van der Waals surface area contributed by atoms with Gasteiger partial charge < -0.3 is 10.0 Å². The van der Waals surface area contributed by atoms with E-state index in [1.165, 1.54) is 18.2 Å². The molecule has 1 heterocycles. The van der Waals surface area contributed by atoms with E-state index in [2.05, 4.69) is 10.8 Å². The summed E-state index contributed by atoms with van der Waals surface area (Å²) in [5.74, 6) is -1.19. The Morgan fingerprint density at radius 1 is 1.28 bits per heavy atom. The number of rotatable bonds is 5. The van der Waals surface area contributed by atoms with Crippen molar-refractivity contribution >= 4 is 27.4 Å². The van der Waals surface area contributed by atoms with Crippen molar-refractivity contribution in [2.45, 2.75) is 11.3 Å². The zero-order chi connectivity index (χ0) is 18.0. The Bertz CT molecular complexity index is 980. The van der Waals surface area contributed by atoms with Crippen LogP contribution in [-0.2, 0) is 16.4 Å². The van der Waals surface area contributed by atoms with Gasteiger partial charge in [-0.05, 0) is 42.3 Å². The van der Waals surface area contributed by atoms with Crippen LogP contribution < -0.4 is 9.62 Å². The fraction of sp³-hybridized carbons (Fsp3) is 0.176. The number of sulfonamides is 1. The van der Waals surface area contributed by atoms with Gasteiger partial charge in [0, 0.05) is 12.2 Å². The van der Waals surface area contributed by atoms with Crippen molar-refractivity contribution in [1.29, 1.82) is 5.26 Å². The van der Waals surface area contributed by atoms with Crippen molar-refractivity contribution in [2.75, 3.05) is 22.7 Å². The van der Waals surface area contributed by atoms with Crippen LogP contribution in [0.2, 0.25) is 0 Å². The van der Waals surface area contributed by atoms with Crippen LogP contribution in [0.3, 0.4) is 0 Å². The number of nitriles is 1. The predicted molar refractivity (Wildman–Crippen MR) is 92.2 cm³/mol. The molecule has 2 aromatic carbocycles. The van der Waals surface area contributed by atoms with E-state index in [9.17, 15) is 13.2 Å². The molecule has 0 radical (unpaired) electrons. The lowest BCUT2D eigenvalue weighted by Gasteiger charge is -2.16. The van der Waals surface area contributed by atoms with Crippen molar-refractivity contribution < 1.29 is 18.3 Å². The molecule has 7 nitrogen and oxygen atoms in total. The van der Waals surface area contributed by atoms with Crippen molar-refractivity contribution in [3.63, 3.8) is 0 Å². The first-order valence-electron chi connectivity index (χ1n) is 7.52. The van der Waals surface area contributed by atoms with Gasteiger partial charge in [-0.3, -0.25) is 4.72 Å². The second-order valence-electron chi connectivity index (χ2n) is 5.61. The Morgan fingerprint density at radius 2 is 2.08 bits per heavy atom. The van der Waals surface area contributed by atoms with Gasteiger partial charge in [0.25, 0.3) is 10.0 Å². The molecule has 0 amide bonds. The van der Waals surface area contributed by atoms with E-state index in [1.807, 2.05) is 11.0 Å². The Hall–Kier alpha value is -3.05. The highest BCUT2D eigenvalue weighted by Crippen LogP contribution is 2.31. The first kappa shape index (κ1) is 16.8. The van der Waals surface area contributed by atoms with E-state index in [1.54, 1.807) is 12.1 Å². The van der Waals surface area contributed by atoms with Gasteiger partial charge in [-0.25, -0.2) is 13.2 Å². The summed E-state index contributed by atoms with van der Waals surface area (Å²) in [6.07, 6.45) is 0.810. The van der Waals surface area contributed by atoms with Crippen LogP contribution in [0.5, 0.6) is 0 Å². The molecule has 128 valence electrons. The van der Waals surface area contributed by atoms with Gasteiger partial charge in [0.2, 0.25) is 0 Å². The van der Waals surface area contributed by atoms with Gasteiger partial charge in [-0.2, -0.15) is 5.26 Å². The number of carboxylic acid groups (broad SMARTS) is 1. The van der Waals surface area contributed by atoms with Gasteiger partial charge in [0.15, 0.2) is 0 Å². The molecule has 1 aliphatic heterocycles. The third-order valence-corrected chi connectivity index (χ3v) is 5.36. The van der Waals surface area contributed by atoms with Crippen LogP contribution >= 0.6 is 0 Å². The molecule has 3 rings (SSSR count). The Balaban J connectivity index is 1.90. The number of benzene rings is 2. The number of aromatic carboxylic acids is 1. The minimum Gasteiger partial charge on any atom is -0.478 e. The van der Waals surface area contributed by atoms with Crippen LogP contribution in [0.4, 0.5) is 11.4 Å². The van der Waals surface area contributed by atoms with Gasteiger partial charge >= 0.3 is 5.97 Å². The van der Waals surface area contributed by atoms with Crippen LogP contribution in [0.25, 0.3) is 0 Å². The molecule has 0 fully saturated rings. The lowest BCUT2D eigenvalue weighted by atomic mass is 10.1. The Morgan fingerprint density at radius 3 is 2.80 bits per heavy atom. The maximum Gasteiger partial charge on any atom is 0.335 e. The van der Waals surface area contributed by atoms with E-state index in [4.69, 9.17) is 10.4 Å². The third-order valence-electron chi connectivity index (χ3n) is 3.98. The normalized spacial score (nSPS) is 13.2. The van der Waals surface area contributed by atoms with E-state index in [0.29, 0.717) is 5.69 Å². The van der Waals surface area contributed by atoms with E-state index in [-0.39, 0.29) is 17.0 Å². The van der Waals surface area contributed by atoms with Crippen molar-refractivity contribution in [3.8, 4) is 6.07 Å². The number of hydrogen-bond acceptors (Lipinski definition) is 5. The second-order valence-corrected chi connectivity index (χ2v) is 7.29. The van der Waals surface area contributed by atoms with Crippen molar-refractivity contribution in [3.05, 3.63) is 53.6 Å². The first-order valence-corrected chi connectivity index (χ1v) is 9.00. The SMILES string of the molecule is N#CCN1CCc2ccc(NS(=O)(=O)c3cccc(C(=O)O)c3)cc21. The number of fused-ring (bicyclic) bond motifs is 1. The summed E-state index contributed by atoms with van der Waals surface area (Å²) in [5, 5.41) is 17.9. The summed E-state index contributed by atoms with van der Waals surface area (Å²) in [7, 11) is -3.91. The predicted octanol–water partition coefficient (Wildman–Crippen LogP) is 2.07. The van der Waals surface area contributed by atoms with Crippen LogP contribution in [0.1, 0.15) is 15.9 Å². The minimum absolute atomic E-state index is 0.1000. The largest absolute Gasteiger partial charge is 0.478 e. The summed E-state index contributed by atoms with van der Waals surface area (Å²) in [6, 6.07) is 12.4. The van der Waals surface area contributed by atoms with Gasteiger partial charge in [-0.15, -0.1) is 0 Å². The van der Waals surface area contributed by atoms with Gasteiger partial charge in [0.1, 0.15) is 6.54 Å². The minimum atomic E-state index is -3.91. The summed E-state index contributed by atoms with van der Waals surface area (Å²) in [4.78, 5) is 12.8. The number of carboxylic acids is 1. The molecule has 0 atom stereocenters. The molecule has 0 unspecified atom stereocenters. The number of carbonyl (C=O) groups is 1. The molecule has 2 N–H and O–H groups in total. The maximum atomic E-state index is 12.5. The maximum absolute atomic E-state index is 12.5. The summed E-state index contributed by atoms with van der Waals surface area (Å²) >= 11 is 0. The highest BCUT2D eigenvalue weighted by molar-refractivity contribution is 7.92. The van der Waals surface area contributed by atoms with Crippen LogP contribution in [0.15, 0.2) is 47.4 Å². The third kappa shape index (κ3) is 3.41. The molecule has 0 spiro atoms. The lowest BCUT2D eigenvalue weighted by Crippen LogP contribution is -2.20. The number of nitrogens with zero attached hydrogens (tertiary/aromatic N) is 2. The molecule has 0 saturated heterocycles. The monoisotopic (exact) mass is 357 g/mol. The fourth-order valence-corrected chi connectivity index (χ4v) is 3.86. The molecule has 1 aliphatic rings. The van der Waals surface area contributed by atoms with Crippen LogP contribution in [-0.4, -0.2) is 32.6 Å². The summed E-state index contributed by atoms with van der Waals surface area (Å²) in [5.41, 5.74) is 2.16. The molecule has 8 heteroatoms. The highest BCUT2D eigenvalue weighted by atomic mass is 32.2.